The molecule has 0 spiro atoms. The van der Waals surface area contributed by atoms with Crippen LogP contribution in [0.15, 0.2) is 270 Å². The quantitative estimate of drug-likeness (QED) is 0.137. The molecule has 0 atom stereocenters. The lowest BCUT2D eigenvalue weighted by atomic mass is 9.97. The maximum absolute atomic E-state index is 7.19. The standard InChI is InChI=1S/C81H54N4O2/c1-5-23-57-60-36-19-44-70(80(60)86-78(57)50(4)53-30-14-12-24-48(53)2)82(51-26-8-6-9-27-51)66-40-21-42-68-74(66)62-38-16-32-55-64-47-73-65(46-72(64)84(68)76(55)62)56-33-17-39-63-75-67(41-22-43-69(75)85(73)77(56)63)83(52-28-10-7-11-29-52)71-45-20-37-61-59-35-18-34-58(79(59)87-81(61)71)54-31-15-13-25-49(54)3/h5-47H,4H2,1-3H3/b23-5-. The highest BCUT2D eigenvalue weighted by Gasteiger charge is 2.30. The molecule has 0 saturated carbocycles. The summed E-state index contributed by atoms with van der Waals surface area (Å²) in [6.45, 7) is 11.0. The van der Waals surface area contributed by atoms with E-state index in [9.17, 15) is 0 Å². The van der Waals surface area contributed by atoms with E-state index >= 15 is 0 Å². The Kier molecular flexibility index (Phi) is 10.5. The number of anilines is 6. The molecule has 6 nitrogen and oxygen atoms in total. The molecule has 87 heavy (non-hydrogen) atoms. The van der Waals surface area contributed by atoms with Crippen LogP contribution in [0.3, 0.4) is 0 Å². The van der Waals surface area contributed by atoms with Crippen LogP contribution < -0.4 is 9.80 Å². The Hall–Kier alpha value is -11.3. The van der Waals surface area contributed by atoms with Gasteiger partial charge in [0.05, 0.1) is 55.8 Å². The third-order valence-electron chi connectivity index (χ3n) is 18.5. The van der Waals surface area contributed by atoms with Gasteiger partial charge in [0, 0.05) is 87.3 Å². The second-order valence-corrected chi connectivity index (χ2v) is 23.2. The van der Waals surface area contributed by atoms with E-state index in [4.69, 9.17) is 8.83 Å². The Balaban J connectivity index is 0.846. The van der Waals surface area contributed by atoms with Gasteiger partial charge in [0.2, 0.25) is 0 Å². The summed E-state index contributed by atoms with van der Waals surface area (Å²) in [6, 6.07) is 90.3. The van der Waals surface area contributed by atoms with Gasteiger partial charge in [0.25, 0.3) is 0 Å². The second kappa shape index (κ2) is 18.6. The Bertz CT molecular complexity index is 5890. The second-order valence-electron chi connectivity index (χ2n) is 23.2. The number of fused-ring (bicyclic) bond motifs is 16. The molecule has 0 aliphatic rings. The van der Waals surface area contributed by atoms with Crippen molar-refractivity contribution < 1.29 is 8.83 Å². The Morgan fingerprint density at radius 3 is 1.40 bits per heavy atom. The van der Waals surface area contributed by atoms with Gasteiger partial charge in [0.1, 0.15) is 11.3 Å². The molecule has 6 heteroatoms. The van der Waals surface area contributed by atoms with Crippen molar-refractivity contribution in [3.63, 3.8) is 0 Å². The summed E-state index contributed by atoms with van der Waals surface area (Å²) in [5.74, 6) is 0.769. The fourth-order valence-electron chi connectivity index (χ4n) is 14.8. The van der Waals surface area contributed by atoms with Crippen LogP contribution >= 0.6 is 0 Å². The number of aromatic nitrogens is 2. The van der Waals surface area contributed by atoms with Gasteiger partial charge >= 0.3 is 0 Å². The van der Waals surface area contributed by atoms with Crippen molar-refractivity contribution >= 4 is 155 Å². The van der Waals surface area contributed by atoms with Gasteiger partial charge < -0.3 is 27.4 Å². The molecule has 0 bridgehead atoms. The maximum atomic E-state index is 7.19. The first-order valence-corrected chi connectivity index (χ1v) is 29.9. The van der Waals surface area contributed by atoms with Gasteiger partial charge in [0.15, 0.2) is 11.2 Å². The summed E-state index contributed by atoms with van der Waals surface area (Å²) in [5, 5.41) is 12.8. The predicted molar refractivity (Wildman–Crippen MR) is 366 cm³/mol. The first-order valence-electron chi connectivity index (χ1n) is 29.9. The van der Waals surface area contributed by atoms with E-state index in [1.807, 2.05) is 0 Å². The van der Waals surface area contributed by atoms with E-state index < -0.39 is 0 Å². The Labute approximate surface area is 500 Å². The smallest absolute Gasteiger partial charge is 0.159 e. The van der Waals surface area contributed by atoms with Gasteiger partial charge in [-0.1, -0.05) is 195 Å². The van der Waals surface area contributed by atoms with E-state index in [1.54, 1.807) is 0 Å². The minimum atomic E-state index is 0.769. The molecular weight excluding hydrogens is 1060 g/mol. The Morgan fingerprint density at radius 1 is 0.379 bits per heavy atom. The largest absolute Gasteiger partial charge is 0.453 e. The van der Waals surface area contributed by atoms with Gasteiger partial charge in [-0.2, -0.15) is 0 Å². The van der Waals surface area contributed by atoms with E-state index in [-0.39, 0.29) is 0 Å². The minimum absolute atomic E-state index is 0.769. The molecule has 6 heterocycles. The molecular formula is C81H54N4O2. The average Bonchev–Trinajstić information content (AvgIpc) is 1.61. The first kappa shape index (κ1) is 49.1. The van der Waals surface area contributed by atoms with Gasteiger partial charge in [-0.05, 0) is 116 Å². The molecule has 0 N–H and O–H groups in total. The number of benzene rings is 12. The van der Waals surface area contributed by atoms with Crippen LogP contribution in [-0.2, 0) is 0 Å². The van der Waals surface area contributed by atoms with Crippen LogP contribution in [0, 0.1) is 13.8 Å². The maximum Gasteiger partial charge on any atom is 0.159 e. The third kappa shape index (κ3) is 6.86. The van der Waals surface area contributed by atoms with Crippen LogP contribution in [0.1, 0.15) is 34.9 Å². The summed E-state index contributed by atoms with van der Waals surface area (Å²) >= 11 is 0. The van der Waals surface area contributed by atoms with E-state index in [0.29, 0.717) is 0 Å². The lowest BCUT2D eigenvalue weighted by molar-refractivity contribution is 0.600. The van der Waals surface area contributed by atoms with Crippen molar-refractivity contribution in [2.24, 2.45) is 0 Å². The van der Waals surface area contributed by atoms with E-state index in [2.05, 4.69) is 307 Å². The number of furan rings is 2. The van der Waals surface area contributed by atoms with Crippen LogP contribution in [0.2, 0.25) is 0 Å². The van der Waals surface area contributed by atoms with Crippen molar-refractivity contribution in [2.45, 2.75) is 20.8 Å². The highest BCUT2D eigenvalue weighted by molar-refractivity contribution is 6.31. The van der Waals surface area contributed by atoms with Crippen molar-refractivity contribution in [3.05, 3.63) is 289 Å². The lowest BCUT2D eigenvalue weighted by Crippen LogP contribution is -2.10. The van der Waals surface area contributed by atoms with E-state index in [1.165, 1.54) is 76.3 Å². The number of aryl methyl sites for hydroxylation is 2. The lowest BCUT2D eigenvalue weighted by Gasteiger charge is -2.26. The van der Waals surface area contributed by atoms with Crippen molar-refractivity contribution in [1.29, 1.82) is 0 Å². The van der Waals surface area contributed by atoms with Crippen molar-refractivity contribution in [1.82, 2.24) is 8.80 Å². The number of hydrogen-bond acceptors (Lipinski definition) is 4. The zero-order valence-corrected chi connectivity index (χ0v) is 48.1. The van der Waals surface area contributed by atoms with Gasteiger partial charge in [-0.3, -0.25) is 0 Å². The molecule has 0 amide bonds. The van der Waals surface area contributed by atoms with Crippen LogP contribution in [0.5, 0.6) is 0 Å². The molecule has 0 unspecified atom stereocenters. The summed E-state index contributed by atoms with van der Waals surface area (Å²) in [4.78, 5) is 4.80. The van der Waals surface area contributed by atoms with Crippen molar-refractivity contribution in [3.8, 4) is 11.1 Å². The number of hydrogen-bond donors (Lipinski definition) is 0. The molecule has 0 saturated heterocycles. The zero-order valence-electron chi connectivity index (χ0n) is 48.1. The molecule has 0 radical (unpaired) electrons. The molecule has 18 aromatic rings. The number of nitrogens with zero attached hydrogens (tertiary/aromatic N) is 4. The highest BCUT2D eigenvalue weighted by Crippen LogP contribution is 2.53. The molecule has 0 aliphatic heterocycles. The first-order chi connectivity index (χ1) is 42.9. The SMILES string of the molecule is C=C(c1ccccc1C)c1oc2c(N(c3ccccc3)c3cccc4c3c3cccc5c6cc7c(cc6n4c53)c3cccc4c5c(N(c6ccccc6)c6cccc8c6oc6c(-c9ccccc9C)cccc68)cccc5n7c34)cccc2c1/C=C\C. The van der Waals surface area contributed by atoms with Crippen LogP contribution in [0.25, 0.3) is 132 Å². The van der Waals surface area contributed by atoms with Gasteiger partial charge in [-0.25, -0.2) is 0 Å². The molecule has 0 fully saturated rings. The molecule has 0 aliphatic carbocycles. The number of allylic oxidation sites excluding steroid dienone is 1. The minimum Gasteiger partial charge on any atom is -0.453 e. The number of para-hydroxylation sites is 7. The predicted octanol–water partition coefficient (Wildman–Crippen LogP) is 23.0. The monoisotopic (exact) mass is 1110 g/mol. The number of rotatable bonds is 10. The third-order valence-corrected chi connectivity index (χ3v) is 18.5. The average molecular weight is 1120 g/mol. The molecule has 18 rings (SSSR count). The molecule has 410 valence electrons. The normalized spacial score (nSPS) is 12.3. The molecule has 6 aromatic heterocycles. The summed E-state index contributed by atoms with van der Waals surface area (Å²) < 4.78 is 19.4. The van der Waals surface area contributed by atoms with Crippen LogP contribution in [-0.4, -0.2) is 8.80 Å². The molecule has 12 aromatic carbocycles. The zero-order chi connectivity index (χ0) is 57.8. The van der Waals surface area contributed by atoms with Crippen LogP contribution in [0.4, 0.5) is 34.1 Å². The summed E-state index contributed by atoms with van der Waals surface area (Å²) in [7, 11) is 0. The topological polar surface area (TPSA) is 41.6 Å². The highest BCUT2D eigenvalue weighted by atomic mass is 16.3. The van der Waals surface area contributed by atoms with Gasteiger partial charge in [-0.15, -0.1) is 0 Å². The summed E-state index contributed by atoms with van der Waals surface area (Å²) in [6.07, 6.45) is 4.24. The summed E-state index contributed by atoms with van der Waals surface area (Å²) in [5.41, 5.74) is 23.3. The fraction of sp³-hybridized carbons (Fsp3) is 0.0370. The Morgan fingerprint density at radius 2 is 0.828 bits per heavy atom. The fourth-order valence-corrected chi connectivity index (χ4v) is 14.8. The van der Waals surface area contributed by atoms with Crippen molar-refractivity contribution in [2.75, 3.05) is 9.80 Å². The van der Waals surface area contributed by atoms with E-state index in [0.717, 1.165) is 112 Å².